The molecule has 26 heavy (non-hydrogen) atoms. The van der Waals surface area contributed by atoms with Gasteiger partial charge in [-0.15, -0.1) is 11.3 Å². The average molecular weight is 393 g/mol. The van der Waals surface area contributed by atoms with E-state index in [0.29, 0.717) is 41.3 Å². The van der Waals surface area contributed by atoms with Crippen LogP contribution in [0.3, 0.4) is 0 Å². The van der Waals surface area contributed by atoms with Crippen LogP contribution in [0.25, 0.3) is 0 Å². The topological polar surface area (TPSA) is 75.2 Å². The number of pyridine rings is 1. The normalized spacial score (nSPS) is 20.0. The second-order valence-electron chi connectivity index (χ2n) is 6.43. The van der Waals surface area contributed by atoms with Crippen molar-refractivity contribution in [2.75, 3.05) is 18.4 Å². The molecule has 0 spiro atoms. The van der Waals surface area contributed by atoms with Crippen LogP contribution in [0.1, 0.15) is 36.5 Å². The highest BCUT2D eigenvalue weighted by Gasteiger charge is 2.32. The van der Waals surface area contributed by atoms with E-state index in [9.17, 15) is 9.59 Å². The largest absolute Gasteiger partial charge is 0.338 e. The smallest absolute Gasteiger partial charge is 0.254 e. The Kier molecular flexibility index (Phi) is 6.21. The zero-order valence-electron chi connectivity index (χ0n) is 14.5. The van der Waals surface area contributed by atoms with Crippen molar-refractivity contribution >= 4 is 39.9 Å². The van der Waals surface area contributed by atoms with Crippen LogP contribution in [0.4, 0.5) is 5.13 Å². The second kappa shape index (κ2) is 8.60. The summed E-state index contributed by atoms with van der Waals surface area (Å²) >= 11 is 7.30. The van der Waals surface area contributed by atoms with Crippen LogP contribution in [0.5, 0.6) is 0 Å². The van der Waals surface area contributed by atoms with E-state index in [1.54, 1.807) is 24.5 Å². The number of hydrogen-bond acceptors (Lipinski definition) is 5. The molecule has 3 rings (SSSR count). The minimum absolute atomic E-state index is 0.0101. The van der Waals surface area contributed by atoms with E-state index in [-0.39, 0.29) is 17.7 Å². The van der Waals surface area contributed by atoms with E-state index >= 15 is 0 Å². The predicted molar refractivity (Wildman–Crippen MR) is 102 cm³/mol. The Balaban J connectivity index is 1.59. The third-order valence-corrected chi connectivity index (χ3v) is 5.70. The molecule has 0 aliphatic carbocycles. The van der Waals surface area contributed by atoms with Crippen LogP contribution >= 0.6 is 22.9 Å². The SMILES string of the molecule is CCC1CN(C(=O)c2ccnc(Cl)c2)CCC1CC(=O)Nc1nccs1. The molecule has 1 aliphatic heterocycles. The fourth-order valence-corrected chi connectivity index (χ4v) is 4.13. The van der Waals surface area contributed by atoms with Gasteiger partial charge in [0.15, 0.2) is 5.13 Å². The molecule has 1 fully saturated rings. The first-order valence-electron chi connectivity index (χ1n) is 8.67. The number of rotatable bonds is 5. The zero-order valence-corrected chi connectivity index (χ0v) is 16.1. The number of likely N-dealkylation sites (tertiary alicyclic amines) is 1. The summed E-state index contributed by atoms with van der Waals surface area (Å²) in [6.45, 7) is 3.41. The second-order valence-corrected chi connectivity index (χ2v) is 7.71. The molecule has 2 unspecified atom stereocenters. The Hall–Kier alpha value is -1.99. The molecular formula is C18H21ClN4O2S. The van der Waals surface area contributed by atoms with Gasteiger partial charge in [-0.3, -0.25) is 9.59 Å². The number of thiazole rings is 1. The van der Waals surface area contributed by atoms with Gasteiger partial charge in [0, 0.05) is 42.8 Å². The van der Waals surface area contributed by atoms with Crippen molar-refractivity contribution in [2.24, 2.45) is 11.8 Å². The van der Waals surface area contributed by atoms with Crippen molar-refractivity contribution in [1.29, 1.82) is 0 Å². The number of nitrogens with one attached hydrogen (secondary N) is 1. The molecule has 0 bridgehead atoms. The average Bonchev–Trinajstić information content (AvgIpc) is 3.14. The summed E-state index contributed by atoms with van der Waals surface area (Å²) < 4.78 is 0. The molecule has 0 radical (unpaired) electrons. The summed E-state index contributed by atoms with van der Waals surface area (Å²) in [6, 6.07) is 3.28. The fraction of sp³-hybridized carbons (Fsp3) is 0.444. The Morgan fingerprint density at radius 2 is 2.19 bits per heavy atom. The first-order valence-corrected chi connectivity index (χ1v) is 9.92. The minimum Gasteiger partial charge on any atom is -0.338 e. The lowest BCUT2D eigenvalue weighted by molar-refractivity contribution is -0.117. The molecule has 8 heteroatoms. The molecule has 2 aromatic heterocycles. The Labute approximate surface area is 161 Å². The van der Waals surface area contributed by atoms with E-state index in [0.717, 1.165) is 12.8 Å². The van der Waals surface area contributed by atoms with Crippen molar-refractivity contribution in [2.45, 2.75) is 26.2 Å². The number of anilines is 1. The number of carbonyl (C=O) groups is 2. The van der Waals surface area contributed by atoms with E-state index in [4.69, 9.17) is 11.6 Å². The fourth-order valence-electron chi connectivity index (χ4n) is 3.41. The van der Waals surface area contributed by atoms with Crippen LogP contribution in [-0.4, -0.2) is 39.8 Å². The van der Waals surface area contributed by atoms with Crippen molar-refractivity contribution in [3.63, 3.8) is 0 Å². The Morgan fingerprint density at radius 3 is 2.88 bits per heavy atom. The van der Waals surface area contributed by atoms with Gasteiger partial charge < -0.3 is 10.2 Å². The zero-order chi connectivity index (χ0) is 18.5. The van der Waals surface area contributed by atoms with Crippen molar-refractivity contribution in [3.05, 3.63) is 40.6 Å². The number of aromatic nitrogens is 2. The molecule has 2 atom stereocenters. The summed E-state index contributed by atoms with van der Waals surface area (Å²) in [7, 11) is 0. The molecule has 0 aromatic carbocycles. The summed E-state index contributed by atoms with van der Waals surface area (Å²) in [5.74, 6) is 0.527. The van der Waals surface area contributed by atoms with Crippen LogP contribution in [0.2, 0.25) is 5.15 Å². The van der Waals surface area contributed by atoms with Crippen LogP contribution in [0, 0.1) is 11.8 Å². The quantitative estimate of drug-likeness (QED) is 0.787. The van der Waals surface area contributed by atoms with Crippen molar-refractivity contribution in [3.8, 4) is 0 Å². The molecule has 1 saturated heterocycles. The standard InChI is InChI=1S/C18H21ClN4O2S/c1-2-12-11-23(17(25)14-3-5-20-15(19)9-14)7-4-13(12)10-16(24)22-18-21-6-8-26-18/h3,5-6,8-9,12-13H,2,4,7,10-11H2,1H3,(H,21,22,24). The van der Waals surface area contributed by atoms with Gasteiger partial charge in [-0.05, 0) is 30.4 Å². The van der Waals surface area contributed by atoms with Gasteiger partial charge in [0.25, 0.3) is 5.91 Å². The van der Waals surface area contributed by atoms with E-state index in [1.165, 1.54) is 11.3 Å². The number of hydrogen-bond donors (Lipinski definition) is 1. The molecule has 1 aliphatic rings. The van der Waals surface area contributed by atoms with Crippen LogP contribution in [0.15, 0.2) is 29.9 Å². The molecule has 2 aromatic rings. The first kappa shape index (κ1) is 18.8. The maximum atomic E-state index is 12.7. The van der Waals surface area contributed by atoms with Gasteiger partial charge in [0.1, 0.15) is 5.15 Å². The van der Waals surface area contributed by atoms with Gasteiger partial charge in [-0.25, -0.2) is 9.97 Å². The minimum atomic E-state index is -0.0292. The van der Waals surface area contributed by atoms with Crippen LogP contribution < -0.4 is 5.32 Å². The molecule has 138 valence electrons. The highest BCUT2D eigenvalue weighted by Crippen LogP contribution is 2.30. The number of nitrogens with zero attached hydrogens (tertiary/aromatic N) is 3. The summed E-state index contributed by atoms with van der Waals surface area (Å²) in [5.41, 5.74) is 0.555. The lowest BCUT2D eigenvalue weighted by atomic mass is 9.81. The van der Waals surface area contributed by atoms with E-state index < -0.39 is 0 Å². The predicted octanol–water partition coefficient (Wildman–Crippen LogP) is 3.71. The maximum Gasteiger partial charge on any atom is 0.254 e. The summed E-state index contributed by atoms with van der Waals surface area (Å²) in [5, 5.41) is 5.63. The number of halogens is 1. The number of carbonyl (C=O) groups excluding carboxylic acids is 2. The Morgan fingerprint density at radius 1 is 1.35 bits per heavy atom. The highest BCUT2D eigenvalue weighted by atomic mass is 35.5. The Bertz CT molecular complexity index is 768. The van der Waals surface area contributed by atoms with Gasteiger partial charge in [-0.2, -0.15) is 0 Å². The third-order valence-electron chi connectivity index (χ3n) is 4.80. The monoisotopic (exact) mass is 392 g/mol. The molecule has 3 heterocycles. The van der Waals surface area contributed by atoms with Crippen molar-refractivity contribution in [1.82, 2.24) is 14.9 Å². The van der Waals surface area contributed by atoms with Gasteiger partial charge >= 0.3 is 0 Å². The van der Waals surface area contributed by atoms with E-state index in [1.807, 2.05) is 10.3 Å². The third kappa shape index (κ3) is 4.59. The van der Waals surface area contributed by atoms with E-state index in [2.05, 4.69) is 22.2 Å². The molecule has 0 saturated carbocycles. The van der Waals surface area contributed by atoms with Gasteiger partial charge in [0.05, 0.1) is 0 Å². The highest BCUT2D eigenvalue weighted by molar-refractivity contribution is 7.13. The molecule has 2 amide bonds. The number of amides is 2. The lowest BCUT2D eigenvalue weighted by Crippen LogP contribution is -2.44. The molecule has 1 N–H and O–H groups in total. The van der Waals surface area contributed by atoms with Gasteiger partial charge in [0.2, 0.25) is 5.91 Å². The number of piperidine rings is 1. The maximum absolute atomic E-state index is 12.7. The first-order chi connectivity index (χ1) is 12.6. The lowest BCUT2D eigenvalue weighted by Gasteiger charge is -2.38. The summed E-state index contributed by atoms with van der Waals surface area (Å²) in [4.78, 5) is 34.8. The van der Waals surface area contributed by atoms with Crippen LogP contribution in [-0.2, 0) is 4.79 Å². The molecular weight excluding hydrogens is 372 g/mol. The van der Waals surface area contributed by atoms with Crippen molar-refractivity contribution < 1.29 is 9.59 Å². The molecule has 6 nitrogen and oxygen atoms in total. The van der Waals surface area contributed by atoms with Gasteiger partial charge in [-0.1, -0.05) is 24.9 Å². The summed E-state index contributed by atoms with van der Waals surface area (Å²) in [6.07, 6.45) is 5.42.